The summed E-state index contributed by atoms with van der Waals surface area (Å²) in [6.45, 7) is 5.49. The first kappa shape index (κ1) is 27.2. The third kappa shape index (κ3) is 8.30. The van der Waals surface area contributed by atoms with Gasteiger partial charge in [0.15, 0.2) is 0 Å². The lowest BCUT2D eigenvalue weighted by Crippen LogP contribution is -2.58. The third-order valence-electron chi connectivity index (χ3n) is 5.21. The van der Waals surface area contributed by atoms with Gasteiger partial charge in [-0.15, -0.1) is 0 Å². The number of thioether (sulfide) groups is 1. The zero-order valence-electron chi connectivity index (χ0n) is 18.7. The monoisotopic (exact) mass is 460 g/mol. The predicted molar refractivity (Wildman–Crippen MR) is 118 cm³/mol. The van der Waals surface area contributed by atoms with E-state index in [9.17, 15) is 29.4 Å². The summed E-state index contributed by atoms with van der Waals surface area (Å²) in [4.78, 5) is 51.1. The Hall–Kier alpha value is -1.85. The number of carboxylic acid groups (broad SMARTS) is 1. The fraction of sp³-hybridized carbons (Fsp3) is 0.800. The molecule has 1 saturated heterocycles. The highest BCUT2D eigenvalue weighted by atomic mass is 32.2. The summed E-state index contributed by atoms with van der Waals surface area (Å²) < 4.78 is 0. The van der Waals surface area contributed by atoms with Crippen LogP contribution in [0.5, 0.6) is 0 Å². The van der Waals surface area contributed by atoms with E-state index in [1.54, 1.807) is 0 Å². The number of nitrogens with zero attached hydrogens (tertiary/aromatic N) is 1. The molecule has 1 rings (SSSR count). The maximum atomic E-state index is 13.1. The Morgan fingerprint density at radius 1 is 1.13 bits per heavy atom. The number of nitrogens with one attached hydrogen (secondary N) is 2. The van der Waals surface area contributed by atoms with Crippen molar-refractivity contribution >= 4 is 35.5 Å². The molecule has 5 atom stereocenters. The molecule has 0 aromatic carbocycles. The molecule has 178 valence electrons. The number of likely N-dealkylation sites (tertiary alicyclic amines) is 1. The van der Waals surface area contributed by atoms with Gasteiger partial charge in [-0.25, -0.2) is 4.79 Å². The lowest BCUT2D eigenvalue weighted by Gasteiger charge is -2.29. The highest BCUT2D eigenvalue weighted by Crippen LogP contribution is 2.20. The van der Waals surface area contributed by atoms with E-state index in [0.29, 0.717) is 38.0 Å². The van der Waals surface area contributed by atoms with Crippen LogP contribution in [0, 0.1) is 5.92 Å². The maximum absolute atomic E-state index is 13.1. The SMILES string of the molecule is CSCCC(NC(=O)C(CC(C)C)NC(=O)C(N)C(C)O)C(=O)N1CCCC1C(=O)O. The molecule has 0 radical (unpaired) electrons. The molecule has 0 aliphatic carbocycles. The number of aliphatic hydroxyl groups is 1. The number of hydrogen-bond donors (Lipinski definition) is 5. The lowest BCUT2D eigenvalue weighted by molar-refractivity contribution is -0.149. The largest absolute Gasteiger partial charge is 0.480 e. The Labute approximate surface area is 187 Å². The molecule has 11 heteroatoms. The molecule has 10 nitrogen and oxygen atoms in total. The smallest absolute Gasteiger partial charge is 0.326 e. The second kappa shape index (κ2) is 12.9. The zero-order chi connectivity index (χ0) is 23.7. The first-order valence-corrected chi connectivity index (χ1v) is 12.0. The van der Waals surface area contributed by atoms with Crippen molar-refractivity contribution in [3.8, 4) is 0 Å². The fourth-order valence-electron chi connectivity index (χ4n) is 3.44. The zero-order valence-corrected chi connectivity index (χ0v) is 19.5. The molecule has 0 saturated carbocycles. The van der Waals surface area contributed by atoms with Crippen LogP contribution in [0.15, 0.2) is 0 Å². The van der Waals surface area contributed by atoms with Crippen LogP contribution >= 0.6 is 11.8 Å². The number of carboxylic acids is 1. The van der Waals surface area contributed by atoms with Gasteiger partial charge in [0, 0.05) is 6.54 Å². The van der Waals surface area contributed by atoms with Crippen LogP contribution in [0.1, 0.15) is 46.5 Å². The molecule has 3 amide bonds. The van der Waals surface area contributed by atoms with Crippen LogP contribution in [0.2, 0.25) is 0 Å². The normalized spacial score (nSPS) is 20.1. The van der Waals surface area contributed by atoms with Crippen LogP contribution in [0.25, 0.3) is 0 Å². The second-order valence-electron chi connectivity index (χ2n) is 8.33. The van der Waals surface area contributed by atoms with Crippen molar-refractivity contribution in [2.24, 2.45) is 11.7 Å². The van der Waals surface area contributed by atoms with Crippen LogP contribution in [-0.2, 0) is 19.2 Å². The third-order valence-corrected chi connectivity index (χ3v) is 5.85. The number of amides is 3. The van der Waals surface area contributed by atoms with Crippen LogP contribution in [-0.4, -0.2) is 87.6 Å². The molecular formula is C20H36N4O6S. The summed E-state index contributed by atoms with van der Waals surface area (Å²) in [6.07, 6.45) is 2.42. The molecule has 0 aromatic rings. The topological polar surface area (TPSA) is 162 Å². The van der Waals surface area contributed by atoms with E-state index in [1.807, 2.05) is 20.1 Å². The van der Waals surface area contributed by atoms with Crippen LogP contribution in [0.4, 0.5) is 0 Å². The quantitative estimate of drug-likeness (QED) is 0.261. The van der Waals surface area contributed by atoms with E-state index in [0.717, 1.165) is 0 Å². The predicted octanol–water partition coefficient (Wildman–Crippen LogP) is -0.461. The number of carbonyl (C=O) groups is 4. The van der Waals surface area contributed by atoms with Crippen molar-refractivity contribution in [1.29, 1.82) is 0 Å². The summed E-state index contributed by atoms with van der Waals surface area (Å²) >= 11 is 1.51. The minimum absolute atomic E-state index is 0.0640. The summed E-state index contributed by atoms with van der Waals surface area (Å²) in [6, 6.07) is -3.90. The second-order valence-corrected chi connectivity index (χ2v) is 9.31. The average Bonchev–Trinajstić information content (AvgIpc) is 3.18. The Bertz CT molecular complexity index is 645. The number of nitrogens with two attached hydrogens (primary N) is 1. The first-order chi connectivity index (χ1) is 14.5. The Morgan fingerprint density at radius 2 is 1.74 bits per heavy atom. The van der Waals surface area contributed by atoms with E-state index >= 15 is 0 Å². The van der Waals surface area contributed by atoms with E-state index in [1.165, 1.54) is 23.6 Å². The lowest BCUT2D eigenvalue weighted by atomic mass is 10.0. The summed E-state index contributed by atoms with van der Waals surface area (Å²) in [7, 11) is 0. The van der Waals surface area contributed by atoms with Crippen molar-refractivity contribution < 1.29 is 29.4 Å². The van der Waals surface area contributed by atoms with E-state index < -0.39 is 54.0 Å². The van der Waals surface area contributed by atoms with Crippen molar-refractivity contribution in [2.45, 2.75) is 76.7 Å². The number of aliphatic carboxylic acids is 1. The minimum Gasteiger partial charge on any atom is -0.480 e. The Kier molecular flexibility index (Phi) is 11.3. The number of rotatable bonds is 12. The van der Waals surface area contributed by atoms with Crippen LogP contribution in [0.3, 0.4) is 0 Å². The summed E-state index contributed by atoms with van der Waals surface area (Å²) in [5.74, 6) is -2.02. The highest BCUT2D eigenvalue weighted by molar-refractivity contribution is 7.98. The van der Waals surface area contributed by atoms with Gasteiger partial charge in [-0.3, -0.25) is 14.4 Å². The van der Waals surface area contributed by atoms with Gasteiger partial charge in [0.25, 0.3) is 0 Å². The van der Waals surface area contributed by atoms with Gasteiger partial charge in [0.05, 0.1) is 6.10 Å². The Balaban J connectivity index is 2.98. The van der Waals surface area contributed by atoms with Crippen molar-refractivity contribution in [3.63, 3.8) is 0 Å². The van der Waals surface area contributed by atoms with E-state index in [4.69, 9.17) is 5.73 Å². The van der Waals surface area contributed by atoms with Gasteiger partial charge in [-0.05, 0) is 50.5 Å². The molecule has 0 spiro atoms. The molecule has 5 unspecified atom stereocenters. The molecule has 1 heterocycles. The maximum Gasteiger partial charge on any atom is 0.326 e. The molecule has 6 N–H and O–H groups in total. The van der Waals surface area contributed by atoms with E-state index in [2.05, 4.69) is 10.6 Å². The first-order valence-electron chi connectivity index (χ1n) is 10.6. The Morgan fingerprint density at radius 3 is 2.26 bits per heavy atom. The van der Waals surface area contributed by atoms with Gasteiger partial charge in [0.1, 0.15) is 24.2 Å². The van der Waals surface area contributed by atoms with E-state index in [-0.39, 0.29) is 5.92 Å². The number of aliphatic hydroxyl groups excluding tert-OH is 1. The van der Waals surface area contributed by atoms with Gasteiger partial charge in [-0.2, -0.15) is 11.8 Å². The molecule has 1 aliphatic rings. The molecule has 0 bridgehead atoms. The van der Waals surface area contributed by atoms with Crippen molar-refractivity contribution in [2.75, 3.05) is 18.6 Å². The number of hydrogen-bond acceptors (Lipinski definition) is 7. The van der Waals surface area contributed by atoms with Crippen LogP contribution < -0.4 is 16.4 Å². The average molecular weight is 461 g/mol. The van der Waals surface area contributed by atoms with Gasteiger partial charge in [-0.1, -0.05) is 13.8 Å². The molecule has 31 heavy (non-hydrogen) atoms. The summed E-state index contributed by atoms with van der Waals surface area (Å²) in [5, 5.41) is 24.2. The molecule has 1 fully saturated rings. The standard InChI is InChI=1S/C20H36N4O6S/c1-11(2)10-14(23-18(27)16(21)12(3)25)17(26)22-13(7-9-31-4)19(28)24-8-5-6-15(24)20(29)30/h11-16,25H,5-10,21H2,1-4H3,(H,22,26)(H,23,27)(H,29,30). The molecule has 0 aromatic heterocycles. The van der Waals surface area contributed by atoms with Crippen molar-refractivity contribution in [1.82, 2.24) is 15.5 Å². The minimum atomic E-state index is -1.18. The molecular weight excluding hydrogens is 424 g/mol. The number of carbonyl (C=O) groups excluding carboxylic acids is 3. The molecule has 1 aliphatic heterocycles. The van der Waals surface area contributed by atoms with Gasteiger partial charge >= 0.3 is 5.97 Å². The van der Waals surface area contributed by atoms with Gasteiger partial charge < -0.3 is 31.5 Å². The fourth-order valence-corrected chi connectivity index (χ4v) is 3.91. The summed E-state index contributed by atoms with van der Waals surface area (Å²) in [5.41, 5.74) is 5.67. The highest BCUT2D eigenvalue weighted by Gasteiger charge is 2.38. The van der Waals surface area contributed by atoms with Crippen molar-refractivity contribution in [3.05, 3.63) is 0 Å². The van der Waals surface area contributed by atoms with Gasteiger partial charge in [0.2, 0.25) is 17.7 Å².